The van der Waals surface area contributed by atoms with Gasteiger partial charge in [-0.25, -0.2) is 8.78 Å². The number of halogens is 2. The van der Waals surface area contributed by atoms with Gasteiger partial charge in [-0.1, -0.05) is 0 Å². The van der Waals surface area contributed by atoms with Crippen LogP contribution >= 0.6 is 0 Å². The molecule has 7 N–H and O–H groups in total. The molecule has 0 radical (unpaired) electrons. The molecule has 3 aliphatic rings. The van der Waals surface area contributed by atoms with Crippen molar-refractivity contribution in [3.63, 3.8) is 0 Å². The third-order valence-corrected chi connectivity index (χ3v) is 6.11. The van der Waals surface area contributed by atoms with Crippen LogP contribution in [0.1, 0.15) is 32.6 Å². The number of nitrogens with two attached hydrogens (primary N) is 2. The highest BCUT2D eigenvalue weighted by Gasteiger charge is 2.39. The Morgan fingerprint density at radius 3 is 2.23 bits per heavy atom. The first-order valence-electron chi connectivity index (χ1n) is 12.0. The number of anilines is 6. The lowest BCUT2D eigenvalue weighted by molar-refractivity contribution is 0.0256. The Balaban J connectivity index is 0.000000165. The van der Waals surface area contributed by atoms with Gasteiger partial charge in [0.1, 0.15) is 23.3 Å². The molecule has 2 aromatic heterocycles. The number of hydrogen-bond acceptors (Lipinski definition) is 11. The molecule has 0 unspecified atom stereocenters. The van der Waals surface area contributed by atoms with E-state index in [9.17, 15) is 13.9 Å². The molecule has 3 fully saturated rings. The van der Waals surface area contributed by atoms with E-state index < -0.39 is 5.92 Å². The maximum absolute atomic E-state index is 13.1. The van der Waals surface area contributed by atoms with E-state index in [0.717, 1.165) is 31.1 Å². The summed E-state index contributed by atoms with van der Waals surface area (Å²) in [6.07, 6.45) is 3.27. The van der Waals surface area contributed by atoms with E-state index in [-0.39, 0.29) is 32.1 Å². The van der Waals surface area contributed by atoms with Crippen LogP contribution < -0.4 is 31.9 Å². The van der Waals surface area contributed by atoms with Gasteiger partial charge in [0.05, 0.1) is 6.54 Å². The van der Waals surface area contributed by atoms with Crippen molar-refractivity contribution >= 4 is 35.2 Å². The van der Waals surface area contributed by atoms with Gasteiger partial charge >= 0.3 is 0 Å². The van der Waals surface area contributed by atoms with Crippen molar-refractivity contribution in [2.45, 2.75) is 44.6 Å². The fourth-order valence-corrected chi connectivity index (χ4v) is 4.13. The van der Waals surface area contributed by atoms with Gasteiger partial charge in [0.2, 0.25) is 11.9 Å². The highest BCUT2D eigenvalue weighted by atomic mass is 19.3. The normalized spacial score (nSPS) is 21.0. The van der Waals surface area contributed by atoms with Crippen LogP contribution in [0, 0.1) is 5.92 Å². The Labute approximate surface area is 203 Å². The lowest BCUT2D eigenvalue weighted by atomic mass is 10.1. The summed E-state index contributed by atoms with van der Waals surface area (Å²) < 4.78 is 26.2. The quantitative estimate of drug-likeness (QED) is 0.384. The van der Waals surface area contributed by atoms with Gasteiger partial charge in [-0.3, -0.25) is 0 Å². The van der Waals surface area contributed by atoms with Crippen LogP contribution in [0.15, 0.2) is 12.1 Å². The number of aromatic nitrogens is 4. The third-order valence-electron chi connectivity index (χ3n) is 6.11. The summed E-state index contributed by atoms with van der Waals surface area (Å²) in [5.41, 5.74) is 11.3. The van der Waals surface area contributed by atoms with E-state index in [1.807, 2.05) is 13.0 Å². The lowest BCUT2D eigenvalue weighted by Crippen LogP contribution is -2.26. The summed E-state index contributed by atoms with van der Waals surface area (Å²) in [5, 5.41) is 15.5. The minimum atomic E-state index is -2.64. The van der Waals surface area contributed by atoms with Gasteiger partial charge in [0.25, 0.3) is 5.92 Å². The second-order valence-electron chi connectivity index (χ2n) is 9.20. The number of nitrogen functional groups attached to an aromatic ring is 2. The Hall–Kier alpha value is -3.22. The Morgan fingerprint density at radius 2 is 1.66 bits per heavy atom. The van der Waals surface area contributed by atoms with Crippen LogP contribution in [0.5, 0.6) is 0 Å². The molecule has 0 aromatic carbocycles. The van der Waals surface area contributed by atoms with Crippen molar-refractivity contribution in [2.75, 3.05) is 71.2 Å². The minimum Gasteiger partial charge on any atom is -0.396 e. The van der Waals surface area contributed by atoms with E-state index in [1.54, 1.807) is 6.07 Å². The maximum Gasteiger partial charge on any atom is 0.266 e. The minimum absolute atomic E-state index is 0.0914. The molecule has 5 rings (SSSR count). The number of rotatable bonds is 7. The van der Waals surface area contributed by atoms with E-state index in [0.29, 0.717) is 36.1 Å². The van der Waals surface area contributed by atoms with Gasteiger partial charge in [-0.15, -0.1) is 0 Å². The molecular weight excluding hydrogens is 458 g/mol. The zero-order chi connectivity index (χ0) is 25.0. The van der Waals surface area contributed by atoms with Crippen molar-refractivity contribution in [1.82, 2.24) is 19.9 Å². The number of aliphatic hydroxyl groups excluding tert-OH is 1. The van der Waals surface area contributed by atoms with Gasteiger partial charge in [0.15, 0.2) is 0 Å². The SMILES string of the molecule is CCNc1cc(N2CCC(F)(F)C2)nc(N)n1.Nc1nc(NC2CC2)cc(N2CC[C@H](CO)C2)n1. The van der Waals surface area contributed by atoms with Crippen molar-refractivity contribution in [3.05, 3.63) is 12.1 Å². The van der Waals surface area contributed by atoms with Crippen molar-refractivity contribution < 1.29 is 13.9 Å². The molecule has 1 atom stereocenters. The zero-order valence-corrected chi connectivity index (χ0v) is 19.9. The lowest BCUT2D eigenvalue weighted by Gasteiger charge is -2.18. The topological polar surface area (TPSA) is 154 Å². The molecule has 192 valence electrons. The molecule has 0 bridgehead atoms. The molecule has 2 saturated heterocycles. The highest BCUT2D eigenvalue weighted by molar-refractivity contribution is 5.54. The molecule has 2 aliphatic heterocycles. The first kappa shape index (κ1) is 24.9. The number of aliphatic hydroxyl groups is 1. The molecule has 11 nitrogen and oxygen atoms in total. The summed E-state index contributed by atoms with van der Waals surface area (Å²) >= 11 is 0. The molecule has 35 heavy (non-hydrogen) atoms. The van der Waals surface area contributed by atoms with Crippen molar-refractivity contribution in [2.24, 2.45) is 5.92 Å². The predicted octanol–water partition coefficient (Wildman–Crippen LogP) is 1.79. The van der Waals surface area contributed by atoms with Crippen LogP contribution in [0.4, 0.5) is 43.9 Å². The van der Waals surface area contributed by atoms with Gasteiger partial charge < -0.3 is 37.0 Å². The van der Waals surface area contributed by atoms with Crippen molar-refractivity contribution in [1.29, 1.82) is 0 Å². The van der Waals surface area contributed by atoms with Crippen LogP contribution in [0.2, 0.25) is 0 Å². The standard InChI is InChI=1S/C12H19N5O.C10H15F2N5/c13-12-15-10(14-9-1-2-9)5-11(16-12)17-4-3-8(6-17)7-18;1-2-14-7-5-8(16-9(13)15-7)17-4-3-10(11,12)6-17/h5,8-9,18H,1-4,6-7H2,(H3,13,14,15,16);5H,2-4,6H2,1H3,(H3,13,14,15,16)/t8-;/m0./s1. The second kappa shape index (κ2) is 10.6. The summed E-state index contributed by atoms with van der Waals surface area (Å²) in [6, 6.07) is 4.14. The first-order valence-corrected chi connectivity index (χ1v) is 12.0. The van der Waals surface area contributed by atoms with Crippen LogP contribution in [0.3, 0.4) is 0 Å². The maximum atomic E-state index is 13.1. The molecule has 1 aliphatic carbocycles. The highest BCUT2D eigenvalue weighted by Crippen LogP contribution is 2.31. The largest absolute Gasteiger partial charge is 0.396 e. The van der Waals surface area contributed by atoms with E-state index in [4.69, 9.17) is 11.5 Å². The van der Waals surface area contributed by atoms with Gasteiger partial charge in [0, 0.05) is 63.3 Å². The smallest absolute Gasteiger partial charge is 0.266 e. The summed E-state index contributed by atoms with van der Waals surface area (Å²) in [4.78, 5) is 20.1. The van der Waals surface area contributed by atoms with E-state index in [2.05, 4.69) is 35.5 Å². The predicted molar refractivity (Wildman–Crippen MR) is 133 cm³/mol. The molecule has 1 saturated carbocycles. The Morgan fingerprint density at radius 1 is 1.00 bits per heavy atom. The molecule has 4 heterocycles. The molecule has 0 amide bonds. The molecule has 2 aromatic rings. The van der Waals surface area contributed by atoms with E-state index in [1.165, 1.54) is 17.7 Å². The van der Waals surface area contributed by atoms with Gasteiger partial charge in [-0.05, 0) is 26.2 Å². The van der Waals surface area contributed by atoms with Crippen LogP contribution in [0.25, 0.3) is 0 Å². The summed E-state index contributed by atoms with van der Waals surface area (Å²) in [6.45, 7) is 4.59. The fraction of sp³-hybridized carbons (Fsp3) is 0.636. The second-order valence-corrected chi connectivity index (χ2v) is 9.20. The Bertz CT molecular complexity index is 1010. The van der Waals surface area contributed by atoms with Crippen molar-refractivity contribution in [3.8, 4) is 0 Å². The average molecular weight is 493 g/mol. The van der Waals surface area contributed by atoms with Crippen LogP contribution in [-0.4, -0.2) is 76.3 Å². The average Bonchev–Trinajstić information content (AvgIpc) is 3.34. The van der Waals surface area contributed by atoms with Gasteiger partial charge in [-0.2, -0.15) is 19.9 Å². The third kappa shape index (κ3) is 6.90. The molecular formula is C22H34F2N10O. The Kier molecular flexibility index (Phi) is 7.53. The van der Waals surface area contributed by atoms with Crippen LogP contribution in [-0.2, 0) is 0 Å². The zero-order valence-electron chi connectivity index (χ0n) is 19.9. The molecule has 0 spiro atoms. The summed E-state index contributed by atoms with van der Waals surface area (Å²) in [5.74, 6) is 0.792. The molecule has 13 heteroatoms. The number of nitrogens with zero attached hydrogens (tertiary/aromatic N) is 6. The monoisotopic (exact) mass is 492 g/mol. The number of nitrogens with one attached hydrogen (secondary N) is 2. The van der Waals surface area contributed by atoms with E-state index >= 15 is 0 Å². The number of hydrogen-bond donors (Lipinski definition) is 5. The first-order chi connectivity index (χ1) is 16.7. The number of alkyl halides is 2. The fourth-order valence-electron chi connectivity index (χ4n) is 4.13. The summed E-state index contributed by atoms with van der Waals surface area (Å²) in [7, 11) is 0.